The van der Waals surface area contributed by atoms with E-state index >= 15 is 0 Å². The van der Waals surface area contributed by atoms with Gasteiger partial charge in [0.25, 0.3) is 0 Å². The quantitative estimate of drug-likeness (QED) is 0.437. The molecule has 0 aromatic rings. The molecule has 0 saturated heterocycles. The van der Waals surface area contributed by atoms with Crippen LogP contribution < -0.4 is 4.99 Å². The zero-order valence-corrected chi connectivity index (χ0v) is 5.44. The summed E-state index contributed by atoms with van der Waals surface area (Å²) < 4.78 is 4.55. The van der Waals surface area contributed by atoms with Crippen molar-refractivity contribution < 1.29 is 9.53 Å². The molecule has 10 heavy (non-hydrogen) atoms. The molecule has 0 amide bonds. The molecule has 0 aromatic carbocycles. The first-order valence-corrected chi connectivity index (χ1v) is 2.74. The van der Waals surface area contributed by atoms with E-state index in [1.807, 2.05) is 0 Å². The Bertz CT molecular complexity index is 228. The lowest BCUT2D eigenvalue weighted by Gasteiger charge is -1.87. The van der Waals surface area contributed by atoms with Crippen molar-refractivity contribution in [2.45, 2.75) is 6.92 Å². The molecule has 4 heteroatoms. The zero-order valence-electron chi connectivity index (χ0n) is 5.44. The standard InChI is InChI=1S/C6H6N2O2/c1-5(9)10-6-7-3-2-4-8-6/h2-4H,1H3/q+1. The van der Waals surface area contributed by atoms with Gasteiger partial charge in [-0.1, -0.05) is 0 Å². The van der Waals surface area contributed by atoms with Crippen molar-refractivity contribution in [3.8, 4) is 0 Å². The summed E-state index contributed by atoms with van der Waals surface area (Å²) in [6, 6.07) is 0.0926. The molecule has 1 rings (SSSR count). The Hall–Kier alpha value is -1.45. The van der Waals surface area contributed by atoms with Crippen molar-refractivity contribution in [1.82, 2.24) is 4.99 Å². The van der Waals surface area contributed by atoms with Crippen molar-refractivity contribution in [1.29, 1.82) is 0 Å². The molecule has 0 saturated carbocycles. The highest BCUT2D eigenvalue weighted by Gasteiger charge is 2.13. The molecule has 0 atom stereocenters. The van der Waals surface area contributed by atoms with E-state index in [1.165, 1.54) is 19.3 Å². The van der Waals surface area contributed by atoms with Crippen LogP contribution in [0.4, 0.5) is 0 Å². The third-order valence-electron chi connectivity index (χ3n) is 0.777. The Morgan fingerprint density at radius 2 is 2.60 bits per heavy atom. The van der Waals surface area contributed by atoms with Crippen LogP contribution in [-0.2, 0) is 9.53 Å². The van der Waals surface area contributed by atoms with E-state index in [1.54, 1.807) is 6.08 Å². The van der Waals surface area contributed by atoms with Gasteiger partial charge < -0.3 is 4.74 Å². The second kappa shape index (κ2) is 2.91. The fourth-order valence-corrected chi connectivity index (χ4v) is 0.467. The smallest absolute Gasteiger partial charge is 0.352 e. The van der Waals surface area contributed by atoms with Crippen LogP contribution in [0.2, 0.25) is 0 Å². The number of carbonyl (C=O) groups excluding carboxylic acids is 1. The highest BCUT2D eigenvalue weighted by molar-refractivity contribution is 5.92. The number of esters is 1. The number of carbonyl (C=O) groups is 1. The number of hydrogen-bond acceptors (Lipinski definition) is 4. The van der Waals surface area contributed by atoms with E-state index in [0.717, 1.165) is 0 Å². The van der Waals surface area contributed by atoms with Crippen molar-refractivity contribution in [2.75, 3.05) is 0 Å². The minimum Gasteiger partial charge on any atom is -0.352 e. The molecule has 0 bridgehead atoms. The van der Waals surface area contributed by atoms with Gasteiger partial charge in [-0.2, -0.15) is 0 Å². The molecule has 1 radical (unpaired) electrons. The summed E-state index contributed by atoms with van der Waals surface area (Å²) in [6.45, 7) is 1.30. The SMILES string of the molecule is CC(=O)OC1=NC=CC=[N+]1. The predicted molar refractivity (Wildman–Crippen MR) is 36.5 cm³/mol. The van der Waals surface area contributed by atoms with Gasteiger partial charge in [-0.05, 0) is 9.98 Å². The molecular weight excluding hydrogens is 132 g/mol. The van der Waals surface area contributed by atoms with Crippen molar-refractivity contribution >= 4 is 18.2 Å². The monoisotopic (exact) mass is 138 g/mol. The van der Waals surface area contributed by atoms with E-state index < -0.39 is 5.97 Å². The molecule has 0 spiro atoms. The number of nitrogens with zero attached hydrogens (tertiary/aromatic N) is 2. The Morgan fingerprint density at radius 1 is 1.80 bits per heavy atom. The van der Waals surface area contributed by atoms with Crippen LogP contribution in [-0.4, -0.2) is 18.2 Å². The Morgan fingerprint density at radius 3 is 3.10 bits per heavy atom. The van der Waals surface area contributed by atoms with Crippen LogP contribution in [0.15, 0.2) is 17.3 Å². The lowest BCUT2D eigenvalue weighted by atomic mass is 10.6. The van der Waals surface area contributed by atoms with Crippen LogP contribution in [0.1, 0.15) is 6.92 Å². The molecule has 1 heterocycles. The highest BCUT2D eigenvalue weighted by atomic mass is 16.6. The molecule has 1 aliphatic heterocycles. The van der Waals surface area contributed by atoms with Crippen LogP contribution in [0.25, 0.3) is 0 Å². The minimum absolute atomic E-state index is 0.0926. The van der Waals surface area contributed by atoms with Gasteiger partial charge in [-0.3, -0.25) is 4.79 Å². The van der Waals surface area contributed by atoms with Crippen LogP contribution >= 0.6 is 0 Å². The first kappa shape index (κ1) is 6.67. The van der Waals surface area contributed by atoms with Crippen LogP contribution in [0.3, 0.4) is 0 Å². The molecule has 0 aliphatic carbocycles. The third kappa shape index (κ3) is 1.81. The van der Waals surface area contributed by atoms with Crippen LogP contribution in [0.5, 0.6) is 0 Å². The molecular formula is C6H6N2O2+. The average molecular weight is 138 g/mol. The molecule has 51 valence electrons. The van der Waals surface area contributed by atoms with Gasteiger partial charge >= 0.3 is 12.0 Å². The second-order valence-corrected chi connectivity index (χ2v) is 1.63. The Kier molecular flexibility index (Phi) is 1.94. The number of allylic oxidation sites excluding steroid dienone is 1. The highest BCUT2D eigenvalue weighted by Crippen LogP contribution is 1.85. The number of ether oxygens (including phenoxy) is 1. The first-order valence-electron chi connectivity index (χ1n) is 2.74. The Labute approximate surface area is 57.9 Å². The zero-order chi connectivity index (χ0) is 7.40. The van der Waals surface area contributed by atoms with E-state index in [0.29, 0.717) is 0 Å². The summed E-state index contributed by atoms with van der Waals surface area (Å²) in [7, 11) is 0. The topological polar surface area (TPSA) is 52.8 Å². The Balaban J connectivity index is 2.58. The first-order chi connectivity index (χ1) is 4.79. The number of aliphatic imine (C=N–C) groups is 2. The fourth-order valence-electron chi connectivity index (χ4n) is 0.467. The second-order valence-electron chi connectivity index (χ2n) is 1.63. The van der Waals surface area contributed by atoms with E-state index in [4.69, 9.17) is 0 Å². The fraction of sp³-hybridized carbons (Fsp3) is 0.167. The lowest BCUT2D eigenvalue weighted by Crippen LogP contribution is -2.15. The maximum absolute atomic E-state index is 10.3. The van der Waals surface area contributed by atoms with Gasteiger partial charge in [-0.25, -0.2) is 0 Å². The van der Waals surface area contributed by atoms with Crippen LogP contribution in [0, 0.1) is 0 Å². The summed E-state index contributed by atoms with van der Waals surface area (Å²) in [5, 5.41) is 0. The van der Waals surface area contributed by atoms with Crippen molar-refractivity contribution in [2.24, 2.45) is 4.99 Å². The average Bonchev–Trinajstić information content (AvgIpc) is 1.88. The van der Waals surface area contributed by atoms with E-state index in [9.17, 15) is 4.79 Å². The van der Waals surface area contributed by atoms with Crippen molar-refractivity contribution in [3.63, 3.8) is 0 Å². The van der Waals surface area contributed by atoms with Gasteiger partial charge in [0.05, 0.1) is 0 Å². The normalized spacial score (nSPS) is 14.7. The summed E-state index contributed by atoms with van der Waals surface area (Å²) in [5.41, 5.74) is 0. The van der Waals surface area contributed by atoms with Gasteiger partial charge in [-0.15, -0.1) is 0 Å². The van der Waals surface area contributed by atoms with Gasteiger partial charge in [0.15, 0.2) is 0 Å². The lowest BCUT2D eigenvalue weighted by molar-refractivity contribution is -0.133. The van der Waals surface area contributed by atoms with Gasteiger partial charge in [0.1, 0.15) is 12.4 Å². The summed E-state index contributed by atoms with van der Waals surface area (Å²) in [6.07, 6.45) is 4.66. The van der Waals surface area contributed by atoms with Gasteiger partial charge in [0.2, 0.25) is 0 Å². The molecule has 0 N–H and O–H groups in total. The maximum Gasteiger partial charge on any atom is 0.548 e. The minimum atomic E-state index is -0.411. The van der Waals surface area contributed by atoms with Crippen molar-refractivity contribution in [3.05, 3.63) is 12.3 Å². The van der Waals surface area contributed by atoms with E-state index in [-0.39, 0.29) is 6.02 Å². The molecule has 0 fully saturated rings. The summed E-state index contributed by atoms with van der Waals surface area (Å²) >= 11 is 0. The molecule has 0 aromatic heterocycles. The van der Waals surface area contributed by atoms with Gasteiger partial charge in [0, 0.05) is 13.0 Å². The largest absolute Gasteiger partial charge is 0.548 e. The summed E-state index contributed by atoms with van der Waals surface area (Å²) in [5.74, 6) is -0.411. The van der Waals surface area contributed by atoms with E-state index in [2.05, 4.69) is 14.7 Å². The number of rotatable bonds is 0. The molecule has 0 unspecified atom stereocenters. The number of hydrogen-bond donors (Lipinski definition) is 0. The third-order valence-corrected chi connectivity index (χ3v) is 0.777. The molecule has 1 aliphatic rings. The maximum atomic E-state index is 10.3. The predicted octanol–water partition coefficient (Wildman–Crippen LogP) is -0.161. The number of amidine groups is 1. The summed E-state index contributed by atoms with van der Waals surface area (Å²) in [4.78, 5) is 17.6. The molecule has 4 nitrogen and oxygen atoms in total.